The highest BCUT2D eigenvalue weighted by Gasteiger charge is 2.36. The van der Waals surface area contributed by atoms with E-state index in [1.54, 1.807) is 14.0 Å². The van der Waals surface area contributed by atoms with Gasteiger partial charge >= 0.3 is 0 Å². The molecule has 0 spiro atoms. The van der Waals surface area contributed by atoms with Crippen molar-refractivity contribution in [1.29, 1.82) is 0 Å². The number of nitrogens with zero attached hydrogens (tertiary/aromatic N) is 3. The van der Waals surface area contributed by atoms with E-state index in [9.17, 15) is 4.21 Å². The minimum atomic E-state index is -1.01. The van der Waals surface area contributed by atoms with Crippen molar-refractivity contribution in [2.45, 2.75) is 30.4 Å². The van der Waals surface area contributed by atoms with Crippen molar-refractivity contribution in [2.75, 3.05) is 26.0 Å². The van der Waals surface area contributed by atoms with Gasteiger partial charge in [-0.25, -0.2) is 0 Å². The molecule has 23 heavy (non-hydrogen) atoms. The van der Waals surface area contributed by atoms with E-state index in [4.69, 9.17) is 9.15 Å². The molecule has 0 radical (unpaired) electrons. The lowest BCUT2D eigenvalue weighted by Crippen LogP contribution is -2.29. The molecule has 0 saturated carbocycles. The molecule has 0 aliphatic carbocycles. The largest absolute Gasteiger partial charge is 0.424 e. The zero-order valence-electron chi connectivity index (χ0n) is 13.3. The van der Waals surface area contributed by atoms with Crippen LogP contribution in [0, 0.1) is 6.92 Å². The van der Waals surface area contributed by atoms with Gasteiger partial charge in [0.25, 0.3) is 0 Å². The number of hydrogen-bond acceptors (Lipinski definition) is 6. The number of aromatic nitrogens is 2. The van der Waals surface area contributed by atoms with Gasteiger partial charge in [0, 0.05) is 37.8 Å². The fourth-order valence-corrected chi connectivity index (χ4v) is 3.97. The third-order valence-electron chi connectivity index (χ3n) is 4.10. The summed E-state index contributed by atoms with van der Waals surface area (Å²) in [7, 11) is 0.707. The average molecular weight is 335 g/mol. The Kier molecular flexibility index (Phi) is 5.20. The second-order valence-electron chi connectivity index (χ2n) is 5.63. The quantitative estimate of drug-likeness (QED) is 0.804. The first-order valence-electron chi connectivity index (χ1n) is 7.67. The van der Waals surface area contributed by atoms with Gasteiger partial charge in [-0.05, 0) is 18.6 Å². The third kappa shape index (κ3) is 3.85. The molecule has 0 amide bonds. The van der Waals surface area contributed by atoms with Crippen LogP contribution in [0.4, 0.5) is 0 Å². The Morgan fingerprint density at radius 2 is 2.13 bits per heavy atom. The van der Waals surface area contributed by atoms with Crippen LogP contribution in [-0.4, -0.2) is 51.4 Å². The zero-order valence-corrected chi connectivity index (χ0v) is 14.2. The molecule has 1 aliphatic heterocycles. The number of hydrogen-bond donors (Lipinski definition) is 0. The van der Waals surface area contributed by atoms with Crippen LogP contribution in [-0.2, 0) is 15.5 Å². The molecule has 1 unspecified atom stereocenters. The Hall–Kier alpha value is -1.57. The van der Waals surface area contributed by atoms with Crippen molar-refractivity contribution in [3.63, 3.8) is 0 Å². The second-order valence-corrected chi connectivity index (χ2v) is 7.20. The number of methoxy groups -OCH3 is 1. The minimum absolute atomic E-state index is 0.0360. The molecule has 124 valence electrons. The van der Waals surface area contributed by atoms with Gasteiger partial charge < -0.3 is 9.15 Å². The molecule has 1 aliphatic rings. The fourth-order valence-electron chi connectivity index (χ4n) is 2.87. The molecular formula is C16H21N3O3S. The van der Waals surface area contributed by atoms with Crippen molar-refractivity contribution < 1.29 is 13.4 Å². The highest BCUT2D eigenvalue weighted by molar-refractivity contribution is 7.85. The lowest BCUT2D eigenvalue weighted by molar-refractivity contribution is 0.109. The van der Waals surface area contributed by atoms with E-state index in [-0.39, 0.29) is 12.1 Å². The third-order valence-corrected chi connectivity index (χ3v) is 5.45. The van der Waals surface area contributed by atoms with E-state index in [1.165, 1.54) is 0 Å². The van der Waals surface area contributed by atoms with Gasteiger partial charge in [-0.3, -0.25) is 9.11 Å². The number of ether oxygens (including phenoxy) is 1. The first-order chi connectivity index (χ1) is 11.2. The van der Waals surface area contributed by atoms with Gasteiger partial charge in [0.05, 0.1) is 22.9 Å². The van der Waals surface area contributed by atoms with E-state index in [0.29, 0.717) is 24.1 Å². The van der Waals surface area contributed by atoms with Crippen molar-refractivity contribution in [3.8, 4) is 0 Å². The smallest absolute Gasteiger partial charge is 0.233 e. The fraction of sp³-hybridized carbons (Fsp3) is 0.500. The summed E-state index contributed by atoms with van der Waals surface area (Å²) in [6, 6.07) is 9.59. The van der Waals surface area contributed by atoms with Crippen molar-refractivity contribution >= 4 is 10.8 Å². The van der Waals surface area contributed by atoms with Gasteiger partial charge in [0.2, 0.25) is 11.8 Å². The summed E-state index contributed by atoms with van der Waals surface area (Å²) < 4.78 is 23.5. The molecule has 3 atom stereocenters. The molecule has 2 heterocycles. The predicted octanol–water partition coefficient (Wildman–Crippen LogP) is 1.95. The second kappa shape index (κ2) is 7.33. The maximum Gasteiger partial charge on any atom is 0.233 e. The topological polar surface area (TPSA) is 68.5 Å². The van der Waals surface area contributed by atoms with Crippen LogP contribution in [0.25, 0.3) is 0 Å². The number of likely N-dealkylation sites (tertiary alicyclic amines) is 1. The van der Waals surface area contributed by atoms with Crippen molar-refractivity contribution in [3.05, 3.63) is 42.1 Å². The lowest BCUT2D eigenvalue weighted by atomic mass is 10.2. The van der Waals surface area contributed by atoms with E-state index in [0.717, 1.165) is 17.9 Å². The van der Waals surface area contributed by atoms with Crippen LogP contribution in [0.5, 0.6) is 0 Å². The van der Waals surface area contributed by atoms with Gasteiger partial charge in [0.1, 0.15) is 0 Å². The van der Waals surface area contributed by atoms with Crippen LogP contribution in [0.3, 0.4) is 0 Å². The van der Waals surface area contributed by atoms with Crippen LogP contribution in [0.1, 0.15) is 24.2 Å². The first kappa shape index (κ1) is 16.3. The van der Waals surface area contributed by atoms with Crippen molar-refractivity contribution in [1.82, 2.24) is 15.1 Å². The molecule has 7 heteroatoms. The molecular weight excluding hydrogens is 314 g/mol. The Bertz CT molecular complexity index is 662. The van der Waals surface area contributed by atoms with Crippen molar-refractivity contribution in [2.24, 2.45) is 0 Å². The highest BCUT2D eigenvalue weighted by Crippen LogP contribution is 2.32. The van der Waals surface area contributed by atoms with E-state index in [2.05, 4.69) is 15.1 Å². The van der Waals surface area contributed by atoms with Crippen LogP contribution >= 0.6 is 0 Å². The number of benzene rings is 1. The molecule has 3 rings (SSSR count). The van der Waals surface area contributed by atoms with Gasteiger partial charge in [-0.2, -0.15) is 0 Å². The van der Waals surface area contributed by atoms with E-state index >= 15 is 0 Å². The maximum absolute atomic E-state index is 12.4. The molecule has 1 aromatic carbocycles. The minimum Gasteiger partial charge on any atom is -0.424 e. The first-order valence-corrected chi connectivity index (χ1v) is 8.99. The Labute approximate surface area is 138 Å². The summed E-state index contributed by atoms with van der Waals surface area (Å²) in [5.41, 5.74) is 0. The molecule has 1 saturated heterocycles. The summed E-state index contributed by atoms with van der Waals surface area (Å²) in [6.07, 6.45) is 0.952. The average Bonchev–Trinajstić information content (AvgIpc) is 3.19. The summed E-state index contributed by atoms with van der Waals surface area (Å²) in [5.74, 6) is 1.76. The van der Waals surface area contributed by atoms with E-state index in [1.807, 2.05) is 30.3 Å². The molecule has 0 N–H and O–H groups in total. The summed E-state index contributed by atoms with van der Waals surface area (Å²) in [4.78, 5) is 3.09. The maximum atomic E-state index is 12.4. The molecule has 0 bridgehead atoms. The SMILES string of the molecule is CO[C@@H]1C[C@H](c2nnc(C)o2)N(CCS(=O)c2ccccc2)C1. The molecule has 1 aromatic heterocycles. The van der Waals surface area contributed by atoms with Gasteiger partial charge in [-0.1, -0.05) is 18.2 Å². The highest BCUT2D eigenvalue weighted by atomic mass is 32.2. The van der Waals surface area contributed by atoms with Gasteiger partial charge in [0.15, 0.2) is 0 Å². The van der Waals surface area contributed by atoms with E-state index < -0.39 is 10.8 Å². The standard InChI is InChI=1S/C16H21N3O3S/c1-12-17-18-16(22-12)15-10-13(21-2)11-19(15)8-9-23(20)14-6-4-3-5-7-14/h3-7,13,15H,8-11H2,1-2H3/t13-,15-,23?/m1/s1. The predicted molar refractivity (Wildman–Crippen MR) is 86.5 cm³/mol. The Morgan fingerprint density at radius 1 is 1.35 bits per heavy atom. The Balaban J connectivity index is 1.66. The summed E-state index contributed by atoms with van der Waals surface area (Å²) in [6.45, 7) is 3.27. The normalized spacial score (nSPS) is 23.2. The monoisotopic (exact) mass is 335 g/mol. The van der Waals surface area contributed by atoms with Crippen LogP contribution < -0.4 is 0 Å². The number of rotatable bonds is 6. The summed E-state index contributed by atoms with van der Waals surface area (Å²) in [5, 5.41) is 8.06. The molecule has 1 fully saturated rings. The molecule has 2 aromatic rings. The Morgan fingerprint density at radius 3 is 2.78 bits per heavy atom. The zero-order chi connectivity index (χ0) is 16.2. The van der Waals surface area contributed by atoms with Gasteiger partial charge in [-0.15, -0.1) is 10.2 Å². The summed E-state index contributed by atoms with van der Waals surface area (Å²) >= 11 is 0. The lowest BCUT2D eigenvalue weighted by Gasteiger charge is -2.20. The van der Waals surface area contributed by atoms with Crippen LogP contribution in [0.15, 0.2) is 39.6 Å². The van der Waals surface area contributed by atoms with Crippen LogP contribution in [0.2, 0.25) is 0 Å². The molecule has 6 nitrogen and oxygen atoms in total. The number of aryl methyl sites for hydroxylation is 1.